The monoisotopic (exact) mass is 451 g/mol. The molecule has 1 aliphatic rings. The fourth-order valence-electron chi connectivity index (χ4n) is 3.66. The molecule has 1 heterocycles. The summed E-state index contributed by atoms with van der Waals surface area (Å²) in [7, 11) is -1.87. The van der Waals surface area contributed by atoms with Crippen LogP contribution in [0.15, 0.2) is 36.4 Å². The zero-order valence-corrected chi connectivity index (χ0v) is 20.3. The molecule has 0 bridgehead atoms. The van der Waals surface area contributed by atoms with Crippen molar-refractivity contribution in [3.05, 3.63) is 58.9 Å². The molecule has 1 aliphatic carbocycles. The van der Waals surface area contributed by atoms with Crippen LogP contribution in [-0.2, 0) is 10.8 Å². The molecular weight excluding hydrogens is 425 g/mol. The first kappa shape index (κ1) is 21.8. The van der Waals surface area contributed by atoms with Gasteiger partial charge >= 0.3 is 0 Å². The van der Waals surface area contributed by atoms with Gasteiger partial charge in [0, 0.05) is 11.1 Å². The van der Waals surface area contributed by atoms with Crippen LogP contribution in [0.5, 0.6) is 0 Å². The van der Waals surface area contributed by atoms with Gasteiger partial charge in [0.25, 0.3) is 0 Å². The van der Waals surface area contributed by atoms with Crippen LogP contribution in [0.25, 0.3) is 21.1 Å². The first-order chi connectivity index (χ1) is 14.6. The Hall–Kier alpha value is -2.40. The van der Waals surface area contributed by atoms with Gasteiger partial charge in [0.1, 0.15) is 21.9 Å². The Morgan fingerprint density at radius 1 is 1.16 bits per heavy atom. The molecule has 0 saturated carbocycles. The SMILES string of the molecule is CC(C)(C)[Si](C)(C)OC1CCc2c(-c3nnc(-c4ccc(F)c(C#N)c4)s3)cccc21. The molecule has 0 spiro atoms. The van der Waals surface area contributed by atoms with Gasteiger partial charge in [-0.15, -0.1) is 10.2 Å². The molecule has 0 saturated heterocycles. The Bertz CT molecular complexity index is 1180. The van der Waals surface area contributed by atoms with Gasteiger partial charge in [0.2, 0.25) is 0 Å². The average molecular weight is 452 g/mol. The number of halogens is 1. The van der Waals surface area contributed by atoms with E-state index in [1.54, 1.807) is 6.07 Å². The molecule has 3 aromatic rings. The third kappa shape index (κ3) is 4.08. The van der Waals surface area contributed by atoms with E-state index < -0.39 is 14.1 Å². The quantitative estimate of drug-likeness (QED) is 0.405. The third-order valence-corrected chi connectivity index (χ3v) is 11.9. The molecule has 0 aliphatic heterocycles. The summed E-state index contributed by atoms with van der Waals surface area (Å²) in [6.07, 6.45) is 2.06. The molecule has 0 N–H and O–H groups in total. The van der Waals surface area contributed by atoms with E-state index in [2.05, 4.69) is 62.3 Å². The van der Waals surface area contributed by atoms with E-state index in [9.17, 15) is 4.39 Å². The smallest absolute Gasteiger partial charge is 0.192 e. The van der Waals surface area contributed by atoms with Crippen LogP contribution in [0.2, 0.25) is 18.1 Å². The molecule has 1 aromatic heterocycles. The minimum atomic E-state index is -1.87. The second-order valence-electron chi connectivity index (χ2n) is 9.50. The van der Waals surface area contributed by atoms with Crippen molar-refractivity contribution >= 4 is 19.7 Å². The molecule has 1 atom stereocenters. The maximum absolute atomic E-state index is 13.7. The Morgan fingerprint density at radius 2 is 1.90 bits per heavy atom. The highest BCUT2D eigenvalue weighted by Crippen LogP contribution is 2.46. The van der Waals surface area contributed by atoms with Crippen molar-refractivity contribution in [1.29, 1.82) is 5.26 Å². The van der Waals surface area contributed by atoms with Gasteiger partial charge in [0.15, 0.2) is 8.32 Å². The Kier molecular flexibility index (Phi) is 5.58. The molecule has 1 unspecified atom stereocenters. The lowest BCUT2D eigenvalue weighted by molar-refractivity contribution is 0.185. The normalized spacial score (nSPS) is 16.2. The highest BCUT2D eigenvalue weighted by atomic mass is 32.1. The summed E-state index contributed by atoms with van der Waals surface area (Å²) in [5.41, 5.74) is 4.34. The highest BCUT2D eigenvalue weighted by Gasteiger charge is 2.41. The molecule has 4 nitrogen and oxygen atoms in total. The Balaban J connectivity index is 1.65. The van der Waals surface area contributed by atoms with Crippen molar-refractivity contribution in [1.82, 2.24) is 10.2 Å². The second kappa shape index (κ2) is 7.94. The maximum atomic E-state index is 13.7. The molecule has 31 heavy (non-hydrogen) atoms. The summed E-state index contributed by atoms with van der Waals surface area (Å²) >= 11 is 1.46. The fourth-order valence-corrected chi connectivity index (χ4v) is 5.87. The van der Waals surface area contributed by atoms with E-state index >= 15 is 0 Å². The first-order valence-corrected chi connectivity index (χ1v) is 14.2. The van der Waals surface area contributed by atoms with Crippen molar-refractivity contribution in [2.75, 3.05) is 0 Å². The lowest BCUT2D eigenvalue weighted by Crippen LogP contribution is -2.41. The molecule has 0 amide bonds. The maximum Gasteiger partial charge on any atom is 0.192 e. The molecule has 0 fully saturated rings. The van der Waals surface area contributed by atoms with Crippen LogP contribution in [0.4, 0.5) is 4.39 Å². The highest BCUT2D eigenvalue weighted by molar-refractivity contribution is 7.17. The van der Waals surface area contributed by atoms with Gasteiger partial charge < -0.3 is 4.43 Å². The van der Waals surface area contributed by atoms with Crippen LogP contribution >= 0.6 is 11.3 Å². The minimum absolute atomic E-state index is 0.0143. The zero-order chi connectivity index (χ0) is 22.4. The standard InChI is InChI=1S/C24H26FN3OSSi/c1-24(2,3)31(4,5)29-21-12-10-17-18(21)7-6-8-19(17)23-28-27-22(30-23)15-9-11-20(25)16(13-15)14-26/h6-9,11,13,21H,10,12H2,1-5H3. The van der Waals surface area contributed by atoms with E-state index in [4.69, 9.17) is 9.69 Å². The van der Waals surface area contributed by atoms with Gasteiger partial charge in [-0.2, -0.15) is 5.26 Å². The van der Waals surface area contributed by atoms with Gasteiger partial charge in [0.05, 0.1) is 11.7 Å². The summed E-state index contributed by atoms with van der Waals surface area (Å²) in [4.78, 5) is 0. The van der Waals surface area contributed by atoms with Crippen LogP contribution in [0, 0.1) is 17.1 Å². The molecule has 4 rings (SSSR count). The lowest BCUT2D eigenvalue weighted by Gasteiger charge is -2.38. The summed E-state index contributed by atoms with van der Waals surface area (Å²) in [6, 6.07) is 12.7. The van der Waals surface area contributed by atoms with Gasteiger partial charge in [-0.05, 0) is 60.3 Å². The summed E-state index contributed by atoms with van der Waals surface area (Å²) in [5.74, 6) is -0.523. The van der Waals surface area contributed by atoms with Crippen molar-refractivity contribution in [3.8, 4) is 27.2 Å². The summed E-state index contributed by atoms with van der Waals surface area (Å²) < 4.78 is 20.4. The predicted molar refractivity (Wildman–Crippen MR) is 125 cm³/mol. The van der Waals surface area contributed by atoms with E-state index in [1.165, 1.54) is 34.6 Å². The summed E-state index contributed by atoms with van der Waals surface area (Å²) in [6.45, 7) is 11.4. The van der Waals surface area contributed by atoms with Crippen LogP contribution in [-0.4, -0.2) is 18.5 Å². The van der Waals surface area contributed by atoms with Gasteiger partial charge in [-0.25, -0.2) is 4.39 Å². The molecule has 7 heteroatoms. The minimum Gasteiger partial charge on any atom is -0.410 e. The first-order valence-electron chi connectivity index (χ1n) is 10.4. The fraction of sp³-hybridized carbons (Fsp3) is 0.375. The van der Waals surface area contributed by atoms with E-state index in [1.807, 2.05) is 6.07 Å². The predicted octanol–water partition coefficient (Wildman–Crippen LogP) is 6.89. The van der Waals surface area contributed by atoms with Crippen molar-refractivity contribution < 1.29 is 8.82 Å². The number of hydrogen-bond acceptors (Lipinski definition) is 5. The van der Waals surface area contributed by atoms with E-state index in [0.717, 1.165) is 23.4 Å². The van der Waals surface area contributed by atoms with Crippen LogP contribution in [0.3, 0.4) is 0 Å². The number of nitrogens with zero attached hydrogens (tertiary/aromatic N) is 3. The number of nitriles is 1. The van der Waals surface area contributed by atoms with Crippen LogP contribution < -0.4 is 0 Å². The Morgan fingerprint density at radius 3 is 2.61 bits per heavy atom. The van der Waals surface area contributed by atoms with Crippen LogP contribution in [0.1, 0.15) is 50.0 Å². The van der Waals surface area contributed by atoms with Gasteiger partial charge in [-0.1, -0.05) is 50.3 Å². The molecule has 0 radical (unpaired) electrons. The number of rotatable bonds is 4. The molecular formula is C24H26FN3OSSi. The third-order valence-electron chi connectivity index (χ3n) is 6.45. The average Bonchev–Trinajstić information content (AvgIpc) is 3.35. The topological polar surface area (TPSA) is 58.8 Å². The molecule has 160 valence electrons. The number of aromatic nitrogens is 2. The zero-order valence-electron chi connectivity index (χ0n) is 18.5. The number of fused-ring (bicyclic) bond motifs is 1. The van der Waals surface area contributed by atoms with Gasteiger partial charge in [-0.3, -0.25) is 0 Å². The number of hydrogen-bond donors (Lipinski definition) is 0. The summed E-state index contributed by atoms with van der Waals surface area (Å²) in [5, 5.41) is 19.5. The Labute approximate surface area is 187 Å². The van der Waals surface area contributed by atoms with Crippen molar-refractivity contribution in [2.24, 2.45) is 0 Å². The van der Waals surface area contributed by atoms with Crippen molar-refractivity contribution in [3.63, 3.8) is 0 Å². The largest absolute Gasteiger partial charge is 0.410 e. The van der Waals surface area contributed by atoms with Crippen molar-refractivity contribution in [2.45, 2.75) is 57.8 Å². The van der Waals surface area contributed by atoms with E-state index in [0.29, 0.717) is 10.6 Å². The number of benzene rings is 2. The second-order valence-corrected chi connectivity index (χ2v) is 15.2. The molecule has 2 aromatic carbocycles. The van der Waals surface area contributed by atoms with E-state index in [-0.39, 0.29) is 16.7 Å². The lowest BCUT2D eigenvalue weighted by atomic mass is 10.0.